The van der Waals surface area contributed by atoms with Crippen LogP contribution < -0.4 is 10.1 Å². The van der Waals surface area contributed by atoms with E-state index in [4.69, 9.17) is 4.74 Å². The number of carbonyl (C=O) groups is 1. The highest BCUT2D eigenvalue weighted by Gasteiger charge is 2.23. The van der Waals surface area contributed by atoms with Crippen LogP contribution in [0.2, 0.25) is 0 Å². The maximum atomic E-state index is 12.5. The van der Waals surface area contributed by atoms with Gasteiger partial charge in [-0.1, -0.05) is 24.3 Å². The second-order valence-corrected chi connectivity index (χ2v) is 9.35. The molecule has 3 N–H and O–H groups in total. The molecule has 8 nitrogen and oxygen atoms in total. The first-order valence-corrected chi connectivity index (χ1v) is 12.5. The zero-order valence-electron chi connectivity index (χ0n) is 22.6. The summed E-state index contributed by atoms with van der Waals surface area (Å²) in [5.41, 5.74) is 6.53. The molecule has 1 unspecified atom stereocenters. The largest absolute Gasteiger partial charge is 0.496 e. The molecule has 0 spiro atoms. The van der Waals surface area contributed by atoms with Gasteiger partial charge < -0.3 is 25.3 Å². The SMILES string of the molecule is CCN(C)C(=O)c1cccc(NC(O)c2c(C)nc(-c3ccc(OC)c(-c4c(C)cccc4C)c3)n2O)c1. The van der Waals surface area contributed by atoms with Crippen LogP contribution in [0.1, 0.15) is 46.0 Å². The molecule has 1 atom stereocenters. The molecule has 0 bridgehead atoms. The van der Waals surface area contributed by atoms with Crippen LogP contribution in [0.5, 0.6) is 5.75 Å². The number of aromatic nitrogens is 2. The fourth-order valence-electron chi connectivity index (χ4n) is 4.65. The van der Waals surface area contributed by atoms with Crippen molar-refractivity contribution in [2.45, 2.75) is 33.9 Å². The number of aryl methyl sites for hydroxylation is 3. The number of aliphatic hydroxyl groups excluding tert-OH is 1. The molecule has 0 fully saturated rings. The summed E-state index contributed by atoms with van der Waals surface area (Å²) in [6.07, 6.45) is -1.27. The zero-order valence-corrected chi connectivity index (χ0v) is 22.6. The van der Waals surface area contributed by atoms with E-state index in [9.17, 15) is 15.1 Å². The van der Waals surface area contributed by atoms with E-state index in [0.29, 0.717) is 40.6 Å². The minimum Gasteiger partial charge on any atom is -0.496 e. The third-order valence-electron chi connectivity index (χ3n) is 6.77. The lowest BCUT2D eigenvalue weighted by molar-refractivity contribution is 0.0802. The molecule has 0 saturated heterocycles. The summed E-state index contributed by atoms with van der Waals surface area (Å²) < 4.78 is 6.55. The Kier molecular flexibility index (Phi) is 7.73. The summed E-state index contributed by atoms with van der Waals surface area (Å²) in [7, 11) is 3.36. The number of benzene rings is 3. The topological polar surface area (TPSA) is 99.9 Å². The van der Waals surface area contributed by atoms with Gasteiger partial charge in [0.2, 0.25) is 0 Å². The van der Waals surface area contributed by atoms with Crippen molar-refractivity contribution in [1.82, 2.24) is 14.6 Å². The van der Waals surface area contributed by atoms with Gasteiger partial charge in [0.25, 0.3) is 5.91 Å². The second-order valence-electron chi connectivity index (χ2n) is 9.35. The highest BCUT2D eigenvalue weighted by atomic mass is 16.5. The third kappa shape index (κ3) is 5.08. The molecule has 0 saturated carbocycles. The number of nitrogens with one attached hydrogen (secondary N) is 1. The molecule has 8 heteroatoms. The molecule has 38 heavy (non-hydrogen) atoms. The van der Waals surface area contributed by atoms with Gasteiger partial charge in [0.15, 0.2) is 12.1 Å². The molecular formula is C30H34N4O4. The Morgan fingerprint density at radius 1 is 1.08 bits per heavy atom. The van der Waals surface area contributed by atoms with Crippen LogP contribution in [0.15, 0.2) is 60.7 Å². The fourth-order valence-corrected chi connectivity index (χ4v) is 4.65. The monoisotopic (exact) mass is 514 g/mol. The Bertz CT molecular complexity index is 1460. The van der Waals surface area contributed by atoms with Gasteiger partial charge in [-0.3, -0.25) is 4.79 Å². The minimum absolute atomic E-state index is 0.115. The number of anilines is 1. The highest BCUT2D eigenvalue weighted by Crippen LogP contribution is 2.38. The number of aliphatic hydroxyl groups is 1. The molecule has 0 aliphatic carbocycles. The van der Waals surface area contributed by atoms with E-state index in [0.717, 1.165) is 27.0 Å². The maximum Gasteiger partial charge on any atom is 0.253 e. The number of rotatable bonds is 8. The summed E-state index contributed by atoms with van der Waals surface area (Å²) in [5, 5.41) is 25.1. The van der Waals surface area contributed by atoms with Gasteiger partial charge in [-0.25, -0.2) is 4.98 Å². The molecule has 0 aliphatic rings. The van der Waals surface area contributed by atoms with Gasteiger partial charge >= 0.3 is 0 Å². The number of imidazole rings is 1. The van der Waals surface area contributed by atoms with Crippen LogP contribution in [0.3, 0.4) is 0 Å². The van der Waals surface area contributed by atoms with Crippen LogP contribution >= 0.6 is 0 Å². The first-order chi connectivity index (χ1) is 18.2. The predicted molar refractivity (Wildman–Crippen MR) is 149 cm³/mol. The van der Waals surface area contributed by atoms with Crippen LogP contribution in [-0.4, -0.2) is 51.5 Å². The normalized spacial score (nSPS) is 11.8. The summed E-state index contributed by atoms with van der Waals surface area (Å²) >= 11 is 0. The lowest BCUT2D eigenvalue weighted by Gasteiger charge is -2.18. The number of nitrogens with zero attached hydrogens (tertiary/aromatic N) is 3. The molecule has 1 amide bonds. The average molecular weight is 515 g/mol. The van der Waals surface area contributed by atoms with Crippen molar-refractivity contribution in [3.05, 3.63) is 88.7 Å². The van der Waals surface area contributed by atoms with Crippen molar-refractivity contribution in [3.63, 3.8) is 0 Å². The number of hydrogen-bond acceptors (Lipinski definition) is 6. The number of methoxy groups -OCH3 is 1. The number of ether oxygens (including phenoxy) is 1. The molecule has 1 aromatic heterocycles. The Morgan fingerprint density at radius 2 is 1.76 bits per heavy atom. The number of hydrogen-bond donors (Lipinski definition) is 3. The average Bonchev–Trinajstić information content (AvgIpc) is 3.21. The Morgan fingerprint density at radius 3 is 2.42 bits per heavy atom. The second kappa shape index (κ2) is 11.0. The third-order valence-corrected chi connectivity index (χ3v) is 6.77. The van der Waals surface area contributed by atoms with Crippen LogP contribution in [-0.2, 0) is 0 Å². The summed E-state index contributed by atoms with van der Waals surface area (Å²) in [4.78, 5) is 18.7. The van der Waals surface area contributed by atoms with Gasteiger partial charge in [0.1, 0.15) is 11.4 Å². The summed E-state index contributed by atoms with van der Waals surface area (Å²) in [5.74, 6) is 0.890. The van der Waals surface area contributed by atoms with Crippen LogP contribution in [0.4, 0.5) is 5.69 Å². The minimum atomic E-state index is -1.27. The van der Waals surface area contributed by atoms with Crippen molar-refractivity contribution < 1.29 is 19.8 Å². The standard InChI is InChI=1S/C30H34N4O4/c1-7-33(5)30(36)22-12-9-13-23(16-22)32-29(35)27-20(4)31-28(34(27)37)21-14-15-25(38-6)24(17-21)26-18(2)10-8-11-19(26)3/h8-17,29,32,35,37H,7H2,1-6H3. The molecule has 0 radical (unpaired) electrons. The highest BCUT2D eigenvalue weighted by molar-refractivity contribution is 5.95. The lowest BCUT2D eigenvalue weighted by atomic mass is 9.93. The lowest BCUT2D eigenvalue weighted by Crippen LogP contribution is -2.26. The predicted octanol–water partition coefficient (Wildman–Crippen LogP) is 5.58. The number of carbonyl (C=O) groups excluding carboxylic acids is 1. The van der Waals surface area contributed by atoms with Gasteiger partial charge in [-0.2, -0.15) is 4.73 Å². The van der Waals surface area contributed by atoms with Crippen LogP contribution in [0.25, 0.3) is 22.5 Å². The van der Waals surface area contributed by atoms with Gasteiger partial charge in [0.05, 0.1) is 12.8 Å². The Labute approximate surface area is 223 Å². The van der Waals surface area contributed by atoms with Gasteiger partial charge in [0, 0.05) is 36.0 Å². The molecule has 4 aromatic rings. The van der Waals surface area contributed by atoms with E-state index in [-0.39, 0.29) is 11.6 Å². The molecule has 3 aromatic carbocycles. The van der Waals surface area contributed by atoms with E-state index < -0.39 is 6.23 Å². The molecule has 1 heterocycles. The van der Waals surface area contributed by atoms with E-state index in [1.807, 2.05) is 31.2 Å². The van der Waals surface area contributed by atoms with Crippen LogP contribution in [0, 0.1) is 20.8 Å². The van der Waals surface area contributed by atoms with E-state index >= 15 is 0 Å². The van der Waals surface area contributed by atoms with Crippen molar-refractivity contribution in [1.29, 1.82) is 0 Å². The first-order valence-electron chi connectivity index (χ1n) is 12.5. The Hall–Kier alpha value is -4.30. The van der Waals surface area contributed by atoms with Crippen molar-refractivity contribution in [3.8, 4) is 28.3 Å². The summed E-state index contributed by atoms with van der Waals surface area (Å²) in [6.45, 7) is 8.31. The quantitative estimate of drug-likeness (QED) is 0.210. The zero-order chi connectivity index (χ0) is 27.6. The molecule has 198 valence electrons. The van der Waals surface area contributed by atoms with Gasteiger partial charge in [-0.15, -0.1) is 0 Å². The van der Waals surface area contributed by atoms with E-state index in [1.54, 1.807) is 50.2 Å². The van der Waals surface area contributed by atoms with Crippen molar-refractivity contribution in [2.75, 3.05) is 26.0 Å². The maximum absolute atomic E-state index is 12.5. The fraction of sp³-hybridized carbons (Fsp3) is 0.267. The molecule has 0 aliphatic heterocycles. The number of amides is 1. The van der Waals surface area contributed by atoms with Crippen molar-refractivity contribution in [2.24, 2.45) is 0 Å². The molecular weight excluding hydrogens is 480 g/mol. The van der Waals surface area contributed by atoms with E-state index in [1.165, 1.54) is 0 Å². The van der Waals surface area contributed by atoms with Crippen molar-refractivity contribution >= 4 is 11.6 Å². The smallest absolute Gasteiger partial charge is 0.253 e. The Balaban J connectivity index is 1.69. The summed E-state index contributed by atoms with van der Waals surface area (Å²) in [6, 6.07) is 18.6. The van der Waals surface area contributed by atoms with Gasteiger partial charge in [-0.05, 0) is 80.8 Å². The van der Waals surface area contributed by atoms with E-state index in [2.05, 4.69) is 36.3 Å². The molecule has 4 rings (SSSR count). The first kappa shape index (κ1) is 26.8.